The molecule has 2 atom stereocenters. The Morgan fingerprint density at radius 3 is 2.62 bits per heavy atom. The van der Waals surface area contributed by atoms with Gasteiger partial charge in [-0.15, -0.1) is 0 Å². The molecule has 0 unspecified atom stereocenters. The first-order valence-corrected chi connectivity index (χ1v) is 11.4. The molecule has 170 valence electrons. The lowest BCUT2D eigenvalue weighted by Crippen LogP contribution is -2.40. The number of amides is 1. The molecule has 0 saturated carbocycles. The summed E-state index contributed by atoms with van der Waals surface area (Å²) in [7, 11) is 0. The predicted molar refractivity (Wildman–Crippen MR) is 131 cm³/mol. The molecule has 6 nitrogen and oxygen atoms in total. The zero-order valence-corrected chi connectivity index (χ0v) is 18.7. The highest BCUT2D eigenvalue weighted by molar-refractivity contribution is 5.90. The number of nitrogens with zero attached hydrogens (tertiary/aromatic N) is 2. The molecule has 1 saturated heterocycles. The summed E-state index contributed by atoms with van der Waals surface area (Å²) < 4.78 is 11.2. The molecule has 1 aliphatic heterocycles. The van der Waals surface area contributed by atoms with Gasteiger partial charge in [-0.2, -0.15) is 5.26 Å². The zero-order chi connectivity index (χ0) is 23.3. The Morgan fingerprint density at radius 1 is 1.03 bits per heavy atom. The summed E-state index contributed by atoms with van der Waals surface area (Å²) in [5.41, 5.74) is 3.29. The van der Waals surface area contributed by atoms with Gasteiger partial charge in [0.25, 0.3) is 0 Å². The second kappa shape index (κ2) is 9.82. The van der Waals surface area contributed by atoms with E-state index in [0.717, 1.165) is 30.5 Å². The number of benzene rings is 3. The number of rotatable bonds is 6. The van der Waals surface area contributed by atoms with E-state index in [1.807, 2.05) is 12.1 Å². The van der Waals surface area contributed by atoms with Crippen LogP contribution in [0.3, 0.4) is 0 Å². The van der Waals surface area contributed by atoms with Crippen molar-refractivity contribution in [1.29, 1.82) is 5.26 Å². The Morgan fingerprint density at radius 2 is 1.82 bits per heavy atom. The van der Waals surface area contributed by atoms with E-state index in [-0.39, 0.29) is 5.92 Å². The summed E-state index contributed by atoms with van der Waals surface area (Å²) in [6, 6.07) is 26.8. The molecule has 0 aliphatic carbocycles. The van der Waals surface area contributed by atoms with Crippen LogP contribution in [0.4, 0.5) is 10.5 Å². The number of ether oxygens (including phenoxy) is 1. The lowest BCUT2D eigenvalue weighted by atomic mass is 9.89. The highest BCUT2D eigenvalue weighted by atomic mass is 16.6. The van der Waals surface area contributed by atoms with Gasteiger partial charge in [-0.1, -0.05) is 30.3 Å². The average molecular weight is 452 g/mol. The molecule has 5 rings (SSSR count). The van der Waals surface area contributed by atoms with Crippen molar-refractivity contribution >= 4 is 22.7 Å². The third kappa shape index (κ3) is 4.80. The van der Waals surface area contributed by atoms with Crippen molar-refractivity contribution in [2.45, 2.75) is 6.42 Å². The van der Waals surface area contributed by atoms with E-state index in [1.54, 1.807) is 53.6 Å². The van der Waals surface area contributed by atoms with Gasteiger partial charge in [-0.05, 0) is 85.4 Å². The van der Waals surface area contributed by atoms with Crippen LogP contribution in [0, 0.1) is 23.2 Å². The second-order valence-corrected chi connectivity index (χ2v) is 8.63. The minimum absolute atomic E-state index is 0.264. The van der Waals surface area contributed by atoms with Crippen molar-refractivity contribution in [3.8, 4) is 11.8 Å². The molecule has 0 spiro atoms. The summed E-state index contributed by atoms with van der Waals surface area (Å²) in [6.45, 7) is 2.26. The Hall–Kier alpha value is -4.08. The zero-order valence-electron chi connectivity index (χ0n) is 18.7. The van der Waals surface area contributed by atoms with E-state index in [2.05, 4.69) is 35.7 Å². The molecule has 34 heavy (non-hydrogen) atoms. The number of nitriles is 1. The molecular weight excluding hydrogens is 426 g/mol. The number of fused-ring (bicyclic) bond motifs is 1. The summed E-state index contributed by atoms with van der Waals surface area (Å²) in [5, 5.41) is 13.5. The highest BCUT2D eigenvalue weighted by Crippen LogP contribution is 2.27. The van der Waals surface area contributed by atoms with Gasteiger partial charge in [0, 0.05) is 17.6 Å². The number of carbonyl (C=O) groups is 1. The van der Waals surface area contributed by atoms with Gasteiger partial charge in [-0.25, -0.2) is 4.79 Å². The quantitative estimate of drug-likeness (QED) is 0.425. The van der Waals surface area contributed by atoms with Crippen LogP contribution in [0.5, 0.6) is 5.75 Å². The van der Waals surface area contributed by atoms with E-state index in [0.29, 0.717) is 29.5 Å². The van der Waals surface area contributed by atoms with Crippen LogP contribution in [-0.4, -0.2) is 25.7 Å². The van der Waals surface area contributed by atoms with Crippen LogP contribution in [0.25, 0.3) is 11.0 Å². The number of hydrogen-bond donors (Lipinski definition) is 1. The maximum absolute atomic E-state index is 13.4. The monoisotopic (exact) mass is 451 g/mol. The SMILES string of the molecule is N#Cc1ccc(N(C[C@H]2CNC[C@@H]2Cc2ccccc2)C(=O)Oc2ccc3occc3c2)cc1. The molecule has 1 N–H and O–H groups in total. The minimum Gasteiger partial charge on any atom is -0.464 e. The smallest absolute Gasteiger partial charge is 0.419 e. The van der Waals surface area contributed by atoms with Crippen molar-refractivity contribution in [3.63, 3.8) is 0 Å². The van der Waals surface area contributed by atoms with Gasteiger partial charge in [-0.3, -0.25) is 4.90 Å². The third-order valence-corrected chi connectivity index (χ3v) is 6.40. The van der Waals surface area contributed by atoms with Gasteiger partial charge in [0.2, 0.25) is 0 Å². The number of hydrogen-bond acceptors (Lipinski definition) is 5. The first-order chi connectivity index (χ1) is 16.7. The van der Waals surface area contributed by atoms with Crippen LogP contribution in [-0.2, 0) is 6.42 Å². The molecule has 4 aromatic rings. The number of nitrogens with one attached hydrogen (secondary N) is 1. The predicted octanol–water partition coefficient (Wildman–Crippen LogP) is 5.39. The first-order valence-electron chi connectivity index (χ1n) is 11.4. The fraction of sp³-hybridized carbons (Fsp3) is 0.214. The van der Waals surface area contributed by atoms with E-state index >= 15 is 0 Å². The molecule has 1 amide bonds. The van der Waals surface area contributed by atoms with Crippen molar-refractivity contribution in [2.75, 3.05) is 24.5 Å². The van der Waals surface area contributed by atoms with Crippen LogP contribution in [0.2, 0.25) is 0 Å². The van der Waals surface area contributed by atoms with Gasteiger partial charge >= 0.3 is 6.09 Å². The molecule has 6 heteroatoms. The standard InChI is InChI=1S/C28H25N3O3/c29-16-21-6-8-25(9-7-21)31(28(32)34-26-10-11-27-22(15-26)12-13-33-27)19-24-18-30-17-23(24)14-20-4-2-1-3-5-20/h1-13,15,23-24,30H,14,17-19H2/t23-,24+/m0/s1. The topological polar surface area (TPSA) is 78.5 Å². The number of anilines is 1. The average Bonchev–Trinajstić information content (AvgIpc) is 3.52. The van der Waals surface area contributed by atoms with Crippen molar-refractivity contribution in [2.24, 2.45) is 11.8 Å². The van der Waals surface area contributed by atoms with E-state index in [9.17, 15) is 10.1 Å². The fourth-order valence-corrected chi connectivity index (χ4v) is 4.56. The van der Waals surface area contributed by atoms with Crippen molar-refractivity contribution in [3.05, 3.63) is 96.3 Å². The molecule has 1 fully saturated rings. The summed E-state index contributed by atoms with van der Waals surface area (Å²) in [6.07, 6.45) is 2.11. The highest BCUT2D eigenvalue weighted by Gasteiger charge is 2.31. The normalized spacial score (nSPS) is 17.4. The van der Waals surface area contributed by atoms with Gasteiger partial charge < -0.3 is 14.5 Å². The largest absolute Gasteiger partial charge is 0.464 e. The molecule has 1 aromatic heterocycles. The van der Waals surface area contributed by atoms with Crippen LogP contribution < -0.4 is 15.0 Å². The third-order valence-electron chi connectivity index (χ3n) is 6.40. The Balaban J connectivity index is 1.38. The summed E-state index contributed by atoms with van der Waals surface area (Å²) in [4.78, 5) is 15.1. The molecule has 0 bridgehead atoms. The maximum atomic E-state index is 13.4. The number of furan rings is 1. The van der Waals surface area contributed by atoms with Crippen molar-refractivity contribution in [1.82, 2.24) is 5.32 Å². The summed E-state index contributed by atoms with van der Waals surface area (Å²) >= 11 is 0. The Kier molecular flexibility index (Phi) is 6.28. The van der Waals surface area contributed by atoms with E-state index in [4.69, 9.17) is 9.15 Å². The second-order valence-electron chi connectivity index (χ2n) is 8.63. The number of carbonyl (C=O) groups excluding carboxylic acids is 1. The summed E-state index contributed by atoms with van der Waals surface area (Å²) in [5.74, 6) is 1.13. The van der Waals surface area contributed by atoms with E-state index in [1.165, 1.54) is 5.56 Å². The molecule has 3 aromatic carbocycles. The molecule has 0 radical (unpaired) electrons. The van der Waals surface area contributed by atoms with Crippen molar-refractivity contribution < 1.29 is 13.9 Å². The molecular formula is C28H25N3O3. The lowest BCUT2D eigenvalue weighted by molar-refractivity contribution is 0.205. The minimum atomic E-state index is -0.446. The van der Waals surface area contributed by atoms with Gasteiger partial charge in [0.1, 0.15) is 11.3 Å². The van der Waals surface area contributed by atoms with Crippen LogP contribution >= 0.6 is 0 Å². The van der Waals surface area contributed by atoms with Gasteiger partial charge in [0.05, 0.1) is 17.9 Å². The molecule has 2 heterocycles. The first kappa shape index (κ1) is 21.7. The Labute approximate surface area is 198 Å². The lowest BCUT2D eigenvalue weighted by Gasteiger charge is -2.28. The van der Waals surface area contributed by atoms with Crippen LogP contribution in [0.15, 0.2) is 89.5 Å². The fourth-order valence-electron chi connectivity index (χ4n) is 4.56. The van der Waals surface area contributed by atoms with E-state index < -0.39 is 6.09 Å². The Bertz CT molecular complexity index is 1310. The van der Waals surface area contributed by atoms with Crippen LogP contribution in [0.1, 0.15) is 11.1 Å². The molecule has 1 aliphatic rings. The maximum Gasteiger partial charge on any atom is 0.419 e. The van der Waals surface area contributed by atoms with Gasteiger partial charge in [0.15, 0.2) is 0 Å².